The summed E-state index contributed by atoms with van der Waals surface area (Å²) in [7, 11) is 0. The molecule has 14 aromatic rings. The minimum atomic E-state index is -4.65. The molecule has 2 aliphatic heterocycles. The lowest BCUT2D eigenvalue weighted by Crippen LogP contribution is -2.61. The summed E-state index contributed by atoms with van der Waals surface area (Å²) >= 11 is 0. The number of aryl methyl sites for hydroxylation is 1. The highest BCUT2D eigenvalue weighted by Gasteiger charge is 2.44. The molecular weight excluding hydrogens is 1100 g/mol. The first-order chi connectivity index (χ1) is 43.6. The third kappa shape index (κ3) is 9.09. The van der Waals surface area contributed by atoms with Crippen molar-refractivity contribution in [1.29, 1.82) is 5.26 Å². The van der Waals surface area contributed by atoms with E-state index in [1.165, 1.54) is 28.5 Å². The largest absolute Gasteiger partial charge is 0.417 e. The van der Waals surface area contributed by atoms with Crippen LogP contribution in [-0.4, -0.2) is 11.3 Å². The standard InChI is InChI=1S/C81H52BF3N4/c1-52-34-37-66(70(40-52)81(83,84)85)68-41-53(51-86)35-38-74(68)89-73-31-17-14-28-67(73)69-48-58(36-39-75(69)89)63-49-78-80-79(50-63)88(65-46-61(56-24-10-4-11-25-56)43-62(47-65)57-26-12-5-13-27-57)77-33-19-16-30-72(77)82(80)71-29-15-18-32-76(71)87(78)64-44-59(54-20-6-2-7-21-54)42-60(45-64)55-22-8-3-9-23-55/h2-50H,1H3. The Morgan fingerprint density at radius 2 is 0.809 bits per heavy atom. The molecule has 0 unspecified atom stereocenters. The first kappa shape index (κ1) is 53.1. The number of fused-ring (bicyclic) bond motifs is 7. The van der Waals surface area contributed by atoms with Crippen LogP contribution >= 0.6 is 0 Å². The number of halogens is 3. The molecule has 4 nitrogen and oxygen atoms in total. The number of benzene rings is 13. The molecule has 0 radical (unpaired) electrons. The topological polar surface area (TPSA) is 35.2 Å². The summed E-state index contributed by atoms with van der Waals surface area (Å²) in [4.78, 5) is 4.96. The van der Waals surface area contributed by atoms with Crippen LogP contribution in [0.1, 0.15) is 16.7 Å². The van der Waals surface area contributed by atoms with Crippen LogP contribution in [-0.2, 0) is 6.18 Å². The lowest BCUT2D eigenvalue weighted by Gasteiger charge is -2.44. The molecule has 3 heterocycles. The van der Waals surface area contributed by atoms with Crippen LogP contribution in [0.25, 0.3) is 94.3 Å². The van der Waals surface area contributed by atoms with Gasteiger partial charge in [-0.05, 0) is 188 Å². The van der Waals surface area contributed by atoms with Crippen molar-refractivity contribution in [2.24, 2.45) is 0 Å². The fraction of sp³-hybridized carbons (Fsp3) is 0.0247. The van der Waals surface area contributed by atoms with Crippen LogP contribution in [0.3, 0.4) is 0 Å². The van der Waals surface area contributed by atoms with E-state index in [0.29, 0.717) is 16.8 Å². The second kappa shape index (κ2) is 21.2. The van der Waals surface area contributed by atoms with Gasteiger partial charge in [0.1, 0.15) is 0 Å². The first-order valence-electron chi connectivity index (χ1n) is 29.9. The van der Waals surface area contributed by atoms with Crippen LogP contribution in [0.15, 0.2) is 297 Å². The minimum absolute atomic E-state index is 0.00623. The second-order valence-corrected chi connectivity index (χ2v) is 23.1. The molecule has 16 rings (SSSR count). The summed E-state index contributed by atoms with van der Waals surface area (Å²) in [6, 6.07) is 105. The molecule has 89 heavy (non-hydrogen) atoms. The third-order valence-electron chi connectivity index (χ3n) is 17.8. The van der Waals surface area contributed by atoms with Gasteiger partial charge in [0.25, 0.3) is 6.71 Å². The van der Waals surface area contributed by atoms with Crippen molar-refractivity contribution in [3.63, 3.8) is 0 Å². The molecule has 0 bridgehead atoms. The zero-order chi connectivity index (χ0) is 59.9. The maximum absolute atomic E-state index is 15.1. The molecule has 2 aliphatic rings. The molecule has 13 aromatic carbocycles. The predicted octanol–water partition coefficient (Wildman–Crippen LogP) is 20.1. The SMILES string of the molecule is Cc1ccc(-c2cc(C#N)ccc2-n2c3ccccc3c3cc(-c4cc5c6c(c4)N(c4cc(-c7ccccc7)cc(-c7ccccc7)c4)c4ccccc4B6c4ccccc4N5c4cc(-c5ccccc5)cc(-c5ccccc5)c4)ccc32)c(C(F)(F)F)c1. The lowest BCUT2D eigenvalue weighted by molar-refractivity contribution is -0.137. The van der Waals surface area contributed by atoms with Crippen molar-refractivity contribution in [2.45, 2.75) is 13.1 Å². The van der Waals surface area contributed by atoms with Crippen LogP contribution < -0.4 is 26.2 Å². The number of anilines is 6. The minimum Gasteiger partial charge on any atom is -0.311 e. The van der Waals surface area contributed by atoms with E-state index in [2.05, 4.69) is 263 Å². The van der Waals surface area contributed by atoms with Crippen LogP contribution in [0.2, 0.25) is 0 Å². The van der Waals surface area contributed by atoms with Crippen molar-refractivity contribution >= 4 is 79.0 Å². The molecule has 420 valence electrons. The molecular formula is C81H52BF3N4. The molecule has 1 aromatic heterocycles. The maximum atomic E-state index is 15.1. The molecule has 0 spiro atoms. The average molecular weight is 1150 g/mol. The van der Waals surface area contributed by atoms with E-state index in [4.69, 9.17) is 0 Å². The Kier molecular flexibility index (Phi) is 12.7. The highest BCUT2D eigenvalue weighted by Crippen LogP contribution is 2.50. The quantitative estimate of drug-likeness (QED) is 0.135. The van der Waals surface area contributed by atoms with Gasteiger partial charge in [0, 0.05) is 50.5 Å². The van der Waals surface area contributed by atoms with E-state index in [1.807, 2.05) is 18.2 Å². The zero-order valence-corrected chi connectivity index (χ0v) is 48.3. The van der Waals surface area contributed by atoms with Gasteiger partial charge in [-0.1, -0.05) is 200 Å². The van der Waals surface area contributed by atoms with Gasteiger partial charge < -0.3 is 14.4 Å². The van der Waals surface area contributed by atoms with Gasteiger partial charge in [0.2, 0.25) is 0 Å². The summed E-state index contributed by atoms with van der Waals surface area (Å²) in [6.07, 6.45) is -4.65. The maximum Gasteiger partial charge on any atom is 0.417 e. The van der Waals surface area contributed by atoms with Gasteiger partial charge in [-0.25, -0.2) is 0 Å². The van der Waals surface area contributed by atoms with Crippen molar-refractivity contribution in [2.75, 3.05) is 9.80 Å². The fourth-order valence-electron chi connectivity index (χ4n) is 13.8. The Hall–Kier alpha value is -11.4. The smallest absolute Gasteiger partial charge is 0.311 e. The van der Waals surface area contributed by atoms with E-state index in [-0.39, 0.29) is 17.8 Å². The molecule has 8 heteroatoms. The molecule has 0 saturated heterocycles. The summed E-state index contributed by atoms with van der Waals surface area (Å²) in [5.41, 5.74) is 23.0. The lowest BCUT2D eigenvalue weighted by atomic mass is 9.33. The molecule has 0 N–H and O–H groups in total. The van der Waals surface area contributed by atoms with Crippen molar-refractivity contribution in [3.05, 3.63) is 314 Å². The van der Waals surface area contributed by atoms with E-state index in [9.17, 15) is 5.26 Å². The number of aromatic nitrogens is 1. The van der Waals surface area contributed by atoms with E-state index < -0.39 is 11.7 Å². The number of hydrogen-bond donors (Lipinski definition) is 0. The Morgan fingerprint density at radius 1 is 0.348 bits per heavy atom. The third-order valence-corrected chi connectivity index (χ3v) is 17.8. The molecule has 0 amide bonds. The predicted molar refractivity (Wildman–Crippen MR) is 362 cm³/mol. The molecule has 0 saturated carbocycles. The van der Waals surface area contributed by atoms with Gasteiger partial charge in [0.05, 0.1) is 33.9 Å². The van der Waals surface area contributed by atoms with Gasteiger partial charge in [0.15, 0.2) is 0 Å². The number of rotatable bonds is 9. The molecule has 0 fully saturated rings. The number of hydrogen-bond acceptors (Lipinski definition) is 3. The Morgan fingerprint density at radius 3 is 1.31 bits per heavy atom. The van der Waals surface area contributed by atoms with Crippen LogP contribution in [0, 0.1) is 18.3 Å². The monoisotopic (exact) mass is 1150 g/mol. The number of nitriles is 1. The highest BCUT2D eigenvalue weighted by molar-refractivity contribution is 7.00. The van der Waals surface area contributed by atoms with Crippen molar-refractivity contribution < 1.29 is 13.2 Å². The van der Waals surface area contributed by atoms with Crippen LogP contribution in [0.5, 0.6) is 0 Å². The van der Waals surface area contributed by atoms with Crippen molar-refractivity contribution in [1.82, 2.24) is 4.57 Å². The van der Waals surface area contributed by atoms with Gasteiger partial charge in [-0.15, -0.1) is 0 Å². The summed E-state index contributed by atoms with van der Waals surface area (Å²) in [5, 5.41) is 12.1. The normalized spacial score (nSPS) is 12.4. The van der Waals surface area contributed by atoms with Crippen molar-refractivity contribution in [3.8, 4) is 78.5 Å². The summed E-state index contributed by atoms with van der Waals surface area (Å²) in [6.45, 7) is 1.51. The van der Waals surface area contributed by atoms with Crippen LogP contribution in [0.4, 0.5) is 47.3 Å². The highest BCUT2D eigenvalue weighted by atomic mass is 19.4. The van der Waals surface area contributed by atoms with E-state index >= 15 is 13.2 Å². The zero-order valence-electron chi connectivity index (χ0n) is 48.3. The van der Waals surface area contributed by atoms with E-state index in [0.717, 1.165) is 112 Å². The molecule has 0 atom stereocenters. The number of para-hydroxylation sites is 3. The Labute approximate surface area is 514 Å². The Bertz CT molecular complexity index is 4850. The van der Waals surface area contributed by atoms with Gasteiger partial charge in [-0.2, -0.15) is 18.4 Å². The Balaban J connectivity index is 0.985. The van der Waals surface area contributed by atoms with Gasteiger partial charge in [-0.3, -0.25) is 0 Å². The summed E-state index contributed by atoms with van der Waals surface area (Å²) in [5.74, 6) is 0. The number of nitrogens with zero attached hydrogens (tertiary/aromatic N) is 4. The average Bonchev–Trinajstić information content (AvgIpc) is 0.883. The number of alkyl halides is 3. The van der Waals surface area contributed by atoms with E-state index in [1.54, 1.807) is 31.2 Å². The first-order valence-corrected chi connectivity index (χ1v) is 29.9. The fourth-order valence-corrected chi connectivity index (χ4v) is 13.8. The molecule has 0 aliphatic carbocycles. The second-order valence-electron chi connectivity index (χ2n) is 23.1. The summed E-state index contributed by atoms with van der Waals surface area (Å²) < 4.78 is 47.4. The van der Waals surface area contributed by atoms with Gasteiger partial charge >= 0.3 is 6.18 Å².